The van der Waals surface area contributed by atoms with Crippen LogP contribution < -0.4 is 10.6 Å². The summed E-state index contributed by atoms with van der Waals surface area (Å²) >= 11 is 0. The van der Waals surface area contributed by atoms with Crippen molar-refractivity contribution < 1.29 is 14.3 Å². The van der Waals surface area contributed by atoms with Crippen LogP contribution >= 0.6 is 0 Å². The molecule has 0 saturated carbocycles. The summed E-state index contributed by atoms with van der Waals surface area (Å²) in [5.41, 5.74) is 3.29. The molecule has 33 heavy (non-hydrogen) atoms. The number of piperidine rings is 2. The Morgan fingerprint density at radius 2 is 1.73 bits per heavy atom. The third-order valence-corrected chi connectivity index (χ3v) is 7.22. The van der Waals surface area contributed by atoms with Gasteiger partial charge in [-0.05, 0) is 63.2 Å². The first-order valence-electron chi connectivity index (χ1n) is 12.6. The number of aryl methyl sites for hydroxylation is 1. The van der Waals surface area contributed by atoms with E-state index in [0.29, 0.717) is 30.5 Å². The molecule has 1 aromatic rings. The van der Waals surface area contributed by atoms with Gasteiger partial charge in [0.2, 0.25) is 0 Å². The monoisotopic (exact) mass is 454 g/mol. The van der Waals surface area contributed by atoms with Crippen molar-refractivity contribution in [3.63, 3.8) is 0 Å². The number of rotatable bonds is 7. The first-order valence-corrected chi connectivity index (χ1v) is 12.6. The minimum absolute atomic E-state index is 0.272. The molecule has 0 radical (unpaired) electrons. The van der Waals surface area contributed by atoms with Crippen LogP contribution in [0, 0.1) is 0 Å². The lowest BCUT2D eigenvalue weighted by Gasteiger charge is -2.41. The summed E-state index contributed by atoms with van der Waals surface area (Å²) in [6.45, 7) is 9.16. The van der Waals surface area contributed by atoms with Gasteiger partial charge in [-0.1, -0.05) is 37.6 Å². The van der Waals surface area contributed by atoms with Crippen molar-refractivity contribution in [3.8, 4) is 0 Å². The summed E-state index contributed by atoms with van der Waals surface area (Å²) in [5.74, 6) is -0.368. The highest BCUT2D eigenvalue weighted by atomic mass is 16.5. The molecule has 180 valence electrons. The van der Waals surface area contributed by atoms with E-state index in [2.05, 4.69) is 39.5 Å². The lowest BCUT2D eigenvalue weighted by molar-refractivity contribution is -0.139. The molecule has 3 aliphatic rings. The summed E-state index contributed by atoms with van der Waals surface area (Å²) in [6, 6.07) is 7.98. The molecular weight excluding hydrogens is 416 g/mol. The van der Waals surface area contributed by atoms with E-state index in [9.17, 15) is 9.59 Å². The van der Waals surface area contributed by atoms with E-state index >= 15 is 0 Å². The molecule has 2 saturated heterocycles. The molecule has 0 bridgehead atoms. The molecule has 3 heterocycles. The molecule has 2 amide bonds. The van der Waals surface area contributed by atoms with Crippen LogP contribution in [-0.2, 0) is 16.0 Å². The zero-order valence-corrected chi connectivity index (χ0v) is 20.1. The maximum absolute atomic E-state index is 13.0. The molecule has 0 unspecified atom stereocenters. The van der Waals surface area contributed by atoms with Gasteiger partial charge in [-0.15, -0.1) is 0 Å². The Labute approximate surface area is 197 Å². The Morgan fingerprint density at radius 3 is 2.36 bits per heavy atom. The number of nitrogens with zero attached hydrogens (tertiary/aromatic N) is 2. The van der Waals surface area contributed by atoms with Gasteiger partial charge in [0.25, 0.3) is 0 Å². The van der Waals surface area contributed by atoms with E-state index in [1.165, 1.54) is 37.9 Å². The summed E-state index contributed by atoms with van der Waals surface area (Å²) < 4.78 is 5.42. The van der Waals surface area contributed by atoms with Gasteiger partial charge in [0, 0.05) is 31.4 Å². The predicted octanol–water partition coefficient (Wildman–Crippen LogP) is 3.37. The van der Waals surface area contributed by atoms with Crippen LogP contribution in [0.15, 0.2) is 35.5 Å². The highest BCUT2D eigenvalue weighted by Crippen LogP contribution is 2.29. The quantitative estimate of drug-likeness (QED) is 0.618. The molecule has 2 N–H and O–H groups in total. The fourth-order valence-corrected chi connectivity index (χ4v) is 5.34. The van der Waals surface area contributed by atoms with E-state index in [-0.39, 0.29) is 12.0 Å². The van der Waals surface area contributed by atoms with Gasteiger partial charge in [0.15, 0.2) is 0 Å². The van der Waals surface area contributed by atoms with Crippen molar-refractivity contribution in [2.75, 3.05) is 39.3 Å². The number of amides is 2. The molecular formula is C26H38N4O3. The lowest BCUT2D eigenvalue weighted by atomic mass is 9.93. The van der Waals surface area contributed by atoms with Crippen molar-refractivity contribution >= 4 is 12.0 Å². The van der Waals surface area contributed by atoms with E-state index in [1.807, 2.05) is 19.1 Å². The van der Waals surface area contributed by atoms with Gasteiger partial charge in [0.1, 0.15) is 0 Å². The standard InChI is InChI=1S/C26H38N4O3/c1-3-19-8-10-20(11-9-19)24-23(25(31)33-4-2)22(27-26(32)28-24)18-29-16-12-21(13-17-29)30-14-6-5-7-15-30/h8-11,21,24H,3-7,12-18H2,1-2H3,(H2,27,28,32)/t24-/m0/s1. The van der Waals surface area contributed by atoms with Crippen LogP contribution in [0.1, 0.15) is 63.1 Å². The molecule has 0 aromatic heterocycles. The van der Waals surface area contributed by atoms with Crippen LogP contribution in [0.4, 0.5) is 4.79 Å². The molecule has 0 aliphatic carbocycles. The topological polar surface area (TPSA) is 73.9 Å². The van der Waals surface area contributed by atoms with E-state index in [1.54, 1.807) is 0 Å². The number of likely N-dealkylation sites (tertiary alicyclic amines) is 2. The van der Waals surface area contributed by atoms with Crippen LogP contribution in [0.25, 0.3) is 0 Å². The summed E-state index contributed by atoms with van der Waals surface area (Å²) in [5, 5.41) is 5.87. The third kappa shape index (κ3) is 5.76. The molecule has 3 aliphatic heterocycles. The van der Waals surface area contributed by atoms with Gasteiger partial charge in [-0.25, -0.2) is 9.59 Å². The highest BCUT2D eigenvalue weighted by molar-refractivity contribution is 5.95. The first-order chi connectivity index (χ1) is 16.1. The summed E-state index contributed by atoms with van der Waals surface area (Å²) in [4.78, 5) is 30.6. The van der Waals surface area contributed by atoms with Gasteiger partial charge < -0.3 is 20.3 Å². The molecule has 7 nitrogen and oxygen atoms in total. The van der Waals surface area contributed by atoms with Crippen LogP contribution in [0.5, 0.6) is 0 Å². The second-order valence-corrected chi connectivity index (χ2v) is 9.34. The number of urea groups is 1. The largest absolute Gasteiger partial charge is 0.463 e. The van der Waals surface area contributed by atoms with Crippen LogP contribution in [0.2, 0.25) is 0 Å². The number of esters is 1. The lowest BCUT2D eigenvalue weighted by Crippen LogP contribution is -2.51. The van der Waals surface area contributed by atoms with Crippen molar-refractivity contribution in [1.29, 1.82) is 0 Å². The average Bonchev–Trinajstić information content (AvgIpc) is 2.85. The minimum Gasteiger partial charge on any atom is -0.463 e. The van der Waals surface area contributed by atoms with E-state index in [0.717, 1.165) is 37.9 Å². The average molecular weight is 455 g/mol. The van der Waals surface area contributed by atoms with Crippen LogP contribution in [0.3, 0.4) is 0 Å². The normalized spacial score (nSPS) is 23.2. The number of ether oxygens (including phenoxy) is 1. The second-order valence-electron chi connectivity index (χ2n) is 9.34. The predicted molar refractivity (Wildman–Crippen MR) is 129 cm³/mol. The fraction of sp³-hybridized carbons (Fsp3) is 0.615. The molecule has 7 heteroatoms. The maximum atomic E-state index is 13.0. The Morgan fingerprint density at radius 1 is 1.03 bits per heavy atom. The second kappa shape index (κ2) is 11.2. The molecule has 0 spiro atoms. The number of carbonyl (C=O) groups is 2. The third-order valence-electron chi connectivity index (χ3n) is 7.22. The van der Waals surface area contributed by atoms with Gasteiger partial charge in [-0.2, -0.15) is 0 Å². The van der Waals surface area contributed by atoms with Gasteiger partial charge in [-0.3, -0.25) is 4.90 Å². The molecule has 1 atom stereocenters. The summed E-state index contributed by atoms with van der Waals surface area (Å²) in [6.07, 6.45) is 7.20. The van der Waals surface area contributed by atoms with Crippen LogP contribution in [-0.4, -0.2) is 67.2 Å². The summed E-state index contributed by atoms with van der Waals surface area (Å²) in [7, 11) is 0. The fourth-order valence-electron chi connectivity index (χ4n) is 5.34. The van der Waals surface area contributed by atoms with E-state index in [4.69, 9.17) is 4.74 Å². The number of hydrogen-bond donors (Lipinski definition) is 2. The van der Waals surface area contributed by atoms with Crippen molar-refractivity contribution in [2.24, 2.45) is 0 Å². The number of carbonyl (C=O) groups excluding carboxylic acids is 2. The van der Waals surface area contributed by atoms with Crippen molar-refractivity contribution in [1.82, 2.24) is 20.4 Å². The smallest absolute Gasteiger partial charge is 0.338 e. The number of nitrogens with one attached hydrogen (secondary N) is 2. The Bertz CT molecular complexity index is 853. The van der Waals surface area contributed by atoms with Gasteiger partial charge >= 0.3 is 12.0 Å². The number of benzene rings is 1. The van der Waals surface area contributed by atoms with Gasteiger partial charge in [0.05, 0.1) is 18.2 Å². The Kier molecular flexibility index (Phi) is 8.04. The maximum Gasteiger partial charge on any atom is 0.338 e. The molecule has 4 rings (SSSR count). The highest BCUT2D eigenvalue weighted by Gasteiger charge is 2.35. The zero-order chi connectivity index (χ0) is 23.2. The zero-order valence-electron chi connectivity index (χ0n) is 20.1. The Balaban J connectivity index is 1.52. The molecule has 1 aromatic carbocycles. The van der Waals surface area contributed by atoms with Crippen molar-refractivity contribution in [2.45, 2.75) is 64.5 Å². The minimum atomic E-state index is -0.510. The molecule has 2 fully saturated rings. The SMILES string of the molecule is CCOC(=O)C1=C(CN2CCC(N3CCCCC3)CC2)NC(=O)N[C@H]1c1ccc(CC)cc1. The van der Waals surface area contributed by atoms with Crippen molar-refractivity contribution in [3.05, 3.63) is 46.7 Å². The number of hydrogen-bond acceptors (Lipinski definition) is 5. The Hall–Kier alpha value is -2.38. The van der Waals surface area contributed by atoms with E-state index < -0.39 is 6.04 Å². The first kappa shape index (κ1) is 23.8.